The van der Waals surface area contributed by atoms with Crippen LogP contribution >= 0.6 is 27.5 Å². The summed E-state index contributed by atoms with van der Waals surface area (Å²) in [5, 5.41) is 8.13. The number of anilines is 1. The van der Waals surface area contributed by atoms with Crippen LogP contribution in [0, 0.1) is 5.82 Å². The Morgan fingerprint density at radius 1 is 1.38 bits per heavy atom. The second-order valence-electron chi connectivity index (χ2n) is 6.02. The van der Waals surface area contributed by atoms with E-state index in [1.807, 2.05) is 13.2 Å². The van der Waals surface area contributed by atoms with Crippen LogP contribution in [0.15, 0.2) is 22.8 Å². The zero-order valence-corrected chi connectivity index (χ0v) is 14.8. The molecule has 1 aromatic heterocycles. The van der Waals surface area contributed by atoms with Crippen molar-refractivity contribution in [3.05, 3.63) is 44.9 Å². The number of benzene rings is 1. The Labute approximate surface area is 137 Å². The minimum atomic E-state index is -0.366. The van der Waals surface area contributed by atoms with Gasteiger partial charge in [0.05, 0.1) is 16.4 Å². The highest BCUT2D eigenvalue weighted by atomic mass is 79.9. The smallest absolute Gasteiger partial charge is 0.125 e. The van der Waals surface area contributed by atoms with E-state index in [4.69, 9.17) is 11.6 Å². The quantitative estimate of drug-likeness (QED) is 0.829. The fraction of sp³-hybridized carbons (Fsp3) is 0.400. The molecule has 2 rings (SSSR count). The van der Waals surface area contributed by atoms with Gasteiger partial charge in [0.15, 0.2) is 0 Å². The van der Waals surface area contributed by atoms with Gasteiger partial charge < -0.3 is 5.32 Å². The molecule has 2 aromatic rings. The van der Waals surface area contributed by atoms with Crippen molar-refractivity contribution in [3.63, 3.8) is 0 Å². The molecule has 0 amide bonds. The minimum Gasteiger partial charge on any atom is -0.379 e. The summed E-state index contributed by atoms with van der Waals surface area (Å²) in [6, 6.07) is 2.69. The van der Waals surface area contributed by atoms with Gasteiger partial charge >= 0.3 is 0 Å². The van der Waals surface area contributed by atoms with Crippen LogP contribution in [0.5, 0.6) is 0 Å². The van der Waals surface area contributed by atoms with Gasteiger partial charge in [0.1, 0.15) is 5.82 Å². The summed E-state index contributed by atoms with van der Waals surface area (Å²) in [6.07, 6.45) is 1.99. The van der Waals surface area contributed by atoms with Crippen molar-refractivity contribution < 1.29 is 4.39 Å². The van der Waals surface area contributed by atoms with Crippen LogP contribution in [0.25, 0.3) is 0 Å². The van der Waals surface area contributed by atoms with E-state index < -0.39 is 0 Å². The zero-order chi connectivity index (χ0) is 15.8. The van der Waals surface area contributed by atoms with Crippen molar-refractivity contribution >= 4 is 33.2 Å². The van der Waals surface area contributed by atoms with Crippen molar-refractivity contribution in [1.82, 2.24) is 9.78 Å². The molecule has 3 nitrogen and oxygen atoms in total. The number of rotatable bonds is 3. The molecule has 0 radical (unpaired) electrons. The Morgan fingerprint density at radius 3 is 2.62 bits per heavy atom. The predicted molar refractivity (Wildman–Crippen MR) is 88.3 cm³/mol. The Kier molecular flexibility index (Phi) is 4.63. The summed E-state index contributed by atoms with van der Waals surface area (Å²) < 4.78 is 15.6. The average molecular weight is 375 g/mol. The van der Waals surface area contributed by atoms with Crippen LogP contribution in [-0.2, 0) is 19.0 Å². The molecule has 0 bridgehead atoms. The number of aromatic nitrogens is 2. The highest BCUT2D eigenvalue weighted by Crippen LogP contribution is 2.33. The Balaban J connectivity index is 2.25. The molecule has 0 spiro atoms. The van der Waals surface area contributed by atoms with Gasteiger partial charge in [0.2, 0.25) is 0 Å². The van der Waals surface area contributed by atoms with E-state index in [0.717, 1.165) is 11.3 Å². The van der Waals surface area contributed by atoms with Crippen LogP contribution in [0.1, 0.15) is 32.0 Å². The van der Waals surface area contributed by atoms with E-state index in [0.29, 0.717) is 21.7 Å². The highest BCUT2D eigenvalue weighted by Gasteiger charge is 2.22. The Morgan fingerprint density at radius 2 is 2.05 bits per heavy atom. The maximum absolute atomic E-state index is 13.2. The van der Waals surface area contributed by atoms with E-state index in [2.05, 4.69) is 47.1 Å². The zero-order valence-electron chi connectivity index (χ0n) is 12.5. The number of hydrogen-bond acceptors (Lipinski definition) is 2. The first-order valence-corrected chi connectivity index (χ1v) is 7.77. The van der Waals surface area contributed by atoms with Gasteiger partial charge in [-0.15, -0.1) is 0 Å². The number of hydrogen-bond donors (Lipinski definition) is 1. The monoisotopic (exact) mass is 373 g/mol. The van der Waals surface area contributed by atoms with E-state index in [1.165, 1.54) is 12.1 Å². The molecule has 1 heterocycles. The topological polar surface area (TPSA) is 29.9 Å². The van der Waals surface area contributed by atoms with Crippen LogP contribution in [-0.4, -0.2) is 9.78 Å². The fourth-order valence-electron chi connectivity index (χ4n) is 2.19. The Bertz CT molecular complexity index is 638. The standard InChI is InChI=1S/C15H18BrClFN3/c1-15(2,3)14-9(8-21(4)20-14)7-19-13-11(16)5-10(18)6-12(13)17/h5-6,8,19H,7H2,1-4H3. The van der Waals surface area contributed by atoms with Crippen molar-refractivity contribution in [2.24, 2.45) is 7.05 Å². The fourth-order valence-corrected chi connectivity index (χ4v) is 3.15. The molecule has 1 N–H and O–H groups in total. The average Bonchev–Trinajstić information content (AvgIpc) is 2.69. The second kappa shape index (κ2) is 5.97. The molecule has 0 saturated heterocycles. The molecule has 0 unspecified atom stereocenters. The van der Waals surface area contributed by atoms with E-state index in [1.54, 1.807) is 4.68 Å². The SMILES string of the molecule is Cn1cc(CNc2c(Cl)cc(F)cc2Br)c(C(C)(C)C)n1. The van der Waals surface area contributed by atoms with Gasteiger partial charge in [-0.2, -0.15) is 5.10 Å². The molecule has 0 atom stereocenters. The molecule has 114 valence electrons. The predicted octanol–water partition coefficient (Wildman–Crippen LogP) is 4.88. The van der Waals surface area contributed by atoms with Crippen molar-refractivity contribution in [2.45, 2.75) is 32.7 Å². The third-order valence-corrected chi connectivity index (χ3v) is 4.00. The summed E-state index contributed by atoms with van der Waals surface area (Å²) in [7, 11) is 1.90. The lowest BCUT2D eigenvalue weighted by Crippen LogP contribution is -2.16. The molecule has 0 saturated carbocycles. The lowest BCUT2D eigenvalue weighted by atomic mass is 9.89. The summed E-state index contributed by atoms with van der Waals surface area (Å²) in [5.74, 6) is -0.366. The number of nitrogens with one attached hydrogen (secondary N) is 1. The largest absolute Gasteiger partial charge is 0.379 e. The molecule has 6 heteroatoms. The van der Waals surface area contributed by atoms with Crippen LogP contribution < -0.4 is 5.32 Å². The first-order chi connectivity index (χ1) is 9.68. The third kappa shape index (κ3) is 3.77. The molecular formula is C15H18BrClFN3. The normalized spacial score (nSPS) is 11.8. The van der Waals surface area contributed by atoms with Crippen molar-refractivity contribution in [1.29, 1.82) is 0 Å². The van der Waals surface area contributed by atoms with Gasteiger partial charge in [-0.25, -0.2) is 4.39 Å². The summed E-state index contributed by atoms with van der Waals surface area (Å²) >= 11 is 9.41. The van der Waals surface area contributed by atoms with Crippen LogP contribution in [0.2, 0.25) is 5.02 Å². The van der Waals surface area contributed by atoms with Gasteiger partial charge in [0.25, 0.3) is 0 Å². The van der Waals surface area contributed by atoms with Gasteiger partial charge in [-0.1, -0.05) is 32.4 Å². The van der Waals surface area contributed by atoms with Crippen LogP contribution in [0.4, 0.5) is 10.1 Å². The lowest BCUT2D eigenvalue weighted by molar-refractivity contribution is 0.549. The first-order valence-electron chi connectivity index (χ1n) is 6.60. The van der Waals surface area contributed by atoms with Crippen molar-refractivity contribution in [2.75, 3.05) is 5.32 Å². The number of halogens is 3. The number of nitrogens with zero attached hydrogens (tertiary/aromatic N) is 2. The van der Waals surface area contributed by atoms with Gasteiger partial charge in [-0.3, -0.25) is 4.68 Å². The molecule has 0 aliphatic rings. The van der Waals surface area contributed by atoms with Crippen molar-refractivity contribution in [3.8, 4) is 0 Å². The molecule has 21 heavy (non-hydrogen) atoms. The van der Waals surface area contributed by atoms with E-state index in [-0.39, 0.29) is 11.2 Å². The van der Waals surface area contributed by atoms with E-state index in [9.17, 15) is 4.39 Å². The molecule has 0 aliphatic heterocycles. The number of aryl methyl sites for hydroxylation is 1. The maximum Gasteiger partial charge on any atom is 0.125 e. The van der Waals surface area contributed by atoms with E-state index >= 15 is 0 Å². The molecule has 0 aliphatic carbocycles. The first kappa shape index (κ1) is 16.3. The lowest BCUT2D eigenvalue weighted by Gasteiger charge is -2.18. The maximum atomic E-state index is 13.2. The third-order valence-electron chi connectivity index (χ3n) is 3.08. The molecular weight excluding hydrogens is 357 g/mol. The summed E-state index contributed by atoms with van der Waals surface area (Å²) in [5.41, 5.74) is 2.77. The molecule has 1 aromatic carbocycles. The second-order valence-corrected chi connectivity index (χ2v) is 7.29. The van der Waals surface area contributed by atoms with Gasteiger partial charge in [-0.05, 0) is 28.1 Å². The highest BCUT2D eigenvalue weighted by molar-refractivity contribution is 9.10. The summed E-state index contributed by atoms with van der Waals surface area (Å²) in [4.78, 5) is 0. The van der Waals surface area contributed by atoms with Gasteiger partial charge in [0, 0.05) is 35.2 Å². The molecule has 0 fully saturated rings. The van der Waals surface area contributed by atoms with Crippen LogP contribution in [0.3, 0.4) is 0 Å². The summed E-state index contributed by atoms with van der Waals surface area (Å²) in [6.45, 7) is 6.95. The Hall–Kier alpha value is -1.07. The minimum absolute atomic E-state index is 0.0396.